The first-order valence-electron chi connectivity index (χ1n) is 11.0. The van der Waals surface area contributed by atoms with Crippen LogP contribution in [-0.2, 0) is 6.18 Å². The van der Waals surface area contributed by atoms with E-state index < -0.39 is 11.7 Å². The third kappa shape index (κ3) is 6.14. The lowest BCUT2D eigenvalue weighted by Crippen LogP contribution is -2.51. The summed E-state index contributed by atoms with van der Waals surface area (Å²) < 4.78 is 44.1. The van der Waals surface area contributed by atoms with Gasteiger partial charge in [-0.05, 0) is 44.2 Å². The number of alkyl halides is 3. The number of carbonyl (C=O) groups excluding carboxylic acids is 1. The van der Waals surface area contributed by atoms with E-state index in [1.165, 1.54) is 17.4 Å². The van der Waals surface area contributed by atoms with Crippen LogP contribution in [0.25, 0.3) is 5.57 Å². The fourth-order valence-electron chi connectivity index (χ4n) is 3.89. The Morgan fingerprint density at radius 3 is 2.76 bits per heavy atom. The molecule has 2 aromatic rings. The molecule has 1 aliphatic heterocycles. The summed E-state index contributed by atoms with van der Waals surface area (Å²) in [4.78, 5) is 24.5. The van der Waals surface area contributed by atoms with E-state index in [0.717, 1.165) is 40.6 Å². The zero-order chi connectivity index (χ0) is 24.9. The van der Waals surface area contributed by atoms with Gasteiger partial charge in [0, 0.05) is 18.8 Å². The van der Waals surface area contributed by atoms with E-state index in [1.807, 2.05) is 39.0 Å². The normalized spacial score (nSPS) is 19.5. The fourth-order valence-corrected chi connectivity index (χ4v) is 4.78. The number of allylic oxidation sites excluding steroid dienone is 5. The second kappa shape index (κ2) is 11.0. The van der Waals surface area contributed by atoms with Gasteiger partial charge in [0.25, 0.3) is 5.91 Å². The van der Waals surface area contributed by atoms with Crippen LogP contribution >= 0.6 is 11.3 Å². The maximum Gasteiger partial charge on any atom is 0.417 e. The molecule has 0 N–H and O–H groups in total. The van der Waals surface area contributed by atoms with Crippen LogP contribution in [0.4, 0.5) is 13.2 Å². The Labute approximate surface area is 201 Å². The third-order valence-electron chi connectivity index (χ3n) is 5.73. The average molecular weight is 492 g/mol. The summed E-state index contributed by atoms with van der Waals surface area (Å²) in [5.74, 6) is 0.0824. The molecule has 0 saturated carbocycles. The minimum Gasteiger partial charge on any atom is -0.475 e. The molecule has 2 unspecified atom stereocenters. The van der Waals surface area contributed by atoms with Crippen molar-refractivity contribution in [2.75, 3.05) is 13.2 Å². The van der Waals surface area contributed by atoms with Gasteiger partial charge in [-0.2, -0.15) is 13.2 Å². The van der Waals surface area contributed by atoms with Crippen molar-refractivity contribution in [2.45, 2.75) is 45.8 Å². The molecular weight excluding hydrogens is 463 g/mol. The molecule has 5 nitrogen and oxygen atoms in total. The van der Waals surface area contributed by atoms with E-state index in [2.05, 4.69) is 16.5 Å². The molecule has 34 heavy (non-hydrogen) atoms. The number of piperidine rings is 1. The number of rotatable bonds is 7. The summed E-state index contributed by atoms with van der Waals surface area (Å²) in [6, 6.07) is 1.90. The van der Waals surface area contributed by atoms with Gasteiger partial charge in [-0.15, -0.1) is 11.3 Å². The Bertz CT molecular complexity index is 1070. The number of aryl methyl sites for hydroxylation is 1. The quantitative estimate of drug-likeness (QED) is 0.425. The van der Waals surface area contributed by atoms with Crippen molar-refractivity contribution < 1.29 is 22.7 Å². The highest BCUT2D eigenvalue weighted by atomic mass is 32.1. The molecule has 0 aliphatic carbocycles. The lowest BCUT2D eigenvalue weighted by molar-refractivity contribution is -0.137. The highest BCUT2D eigenvalue weighted by Gasteiger charge is 2.35. The van der Waals surface area contributed by atoms with E-state index in [1.54, 1.807) is 11.0 Å². The number of hydrogen-bond donors (Lipinski definition) is 0. The van der Waals surface area contributed by atoms with Crippen molar-refractivity contribution in [3.05, 3.63) is 70.4 Å². The van der Waals surface area contributed by atoms with Crippen molar-refractivity contribution >= 4 is 22.8 Å². The molecule has 1 saturated heterocycles. The summed E-state index contributed by atoms with van der Waals surface area (Å²) in [7, 11) is 0. The van der Waals surface area contributed by atoms with Crippen LogP contribution in [0.2, 0.25) is 0 Å². The number of likely N-dealkylation sites (tertiary alicyclic amines) is 1. The number of halogens is 3. The predicted octanol–water partition coefficient (Wildman–Crippen LogP) is 6.33. The number of hydrogen-bond acceptors (Lipinski definition) is 5. The van der Waals surface area contributed by atoms with Crippen molar-refractivity contribution in [2.24, 2.45) is 5.92 Å². The molecule has 3 rings (SSSR count). The monoisotopic (exact) mass is 491 g/mol. The number of thiazole rings is 1. The summed E-state index contributed by atoms with van der Waals surface area (Å²) in [5, 5.41) is 0.797. The summed E-state index contributed by atoms with van der Waals surface area (Å²) in [5.41, 5.74) is 0.509. The van der Waals surface area contributed by atoms with Crippen molar-refractivity contribution in [3.63, 3.8) is 0 Å². The van der Waals surface area contributed by atoms with Gasteiger partial charge in [-0.3, -0.25) is 4.79 Å². The molecule has 1 aliphatic rings. The van der Waals surface area contributed by atoms with Gasteiger partial charge < -0.3 is 9.64 Å². The van der Waals surface area contributed by atoms with E-state index in [9.17, 15) is 18.0 Å². The van der Waals surface area contributed by atoms with Gasteiger partial charge in [0.15, 0.2) is 0 Å². The largest absolute Gasteiger partial charge is 0.475 e. The van der Waals surface area contributed by atoms with Crippen LogP contribution < -0.4 is 4.74 Å². The summed E-state index contributed by atoms with van der Waals surface area (Å²) in [6.07, 6.45) is 5.35. The maximum absolute atomic E-state index is 13.6. The minimum atomic E-state index is -4.45. The molecule has 182 valence electrons. The number of ether oxygens (including phenoxy) is 1. The lowest BCUT2D eigenvalue weighted by atomic mass is 9.91. The predicted molar refractivity (Wildman–Crippen MR) is 128 cm³/mol. The van der Waals surface area contributed by atoms with E-state index in [0.29, 0.717) is 12.2 Å². The average Bonchev–Trinajstić information content (AvgIpc) is 3.19. The number of nitrogens with zero attached hydrogens (tertiary/aromatic N) is 3. The molecule has 0 bridgehead atoms. The van der Waals surface area contributed by atoms with E-state index in [-0.39, 0.29) is 30.4 Å². The molecule has 0 aromatic carbocycles. The smallest absolute Gasteiger partial charge is 0.417 e. The molecule has 0 radical (unpaired) electrons. The second-order valence-electron chi connectivity index (χ2n) is 8.26. The van der Waals surface area contributed by atoms with Gasteiger partial charge in [0.1, 0.15) is 12.3 Å². The number of aromatic nitrogens is 2. The van der Waals surface area contributed by atoms with Crippen molar-refractivity contribution in [3.8, 4) is 5.88 Å². The molecule has 2 aromatic heterocycles. The van der Waals surface area contributed by atoms with Crippen LogP contribution in [0.1, 0.15) is 52.6 Å². The zero-order valence-electron chi connectivity index (χ0n) is 19.4. The third-order valence-corrected chi connectivity index (χ3v) is 6.84. The zero-order valence-corrected chi connectivity index (χ0v) is 20.2. The molecule has 1 amide bonds. The van der Waals surface area contributed by atoms with Crippen LogP contribution in [0.3, 0.4) is 0 Å². The molecule has 2 atom stereocenters. The Hall–Kier alpha value is -2.94. The number of pyridine rings is 1. The molecular formula is C25H28F3N3O2S. The maximum atomic E-state index is 13.6. The highest BCUT2D eigenvalue weighted by molar-refractivity contribution is 7.13. The minimum absolute atomic E-state index is 0.0937. The van der Waals surface area contributed by atoms with Gasteiger partial charge >= 0.3 is 6.18 Å². The Morgan fingerprint density at radius 2 is 2.12 bits per heavy atom. The Morgan fingerprint density at radius 1 is 1.35 bits per heavy atom. The summed E-state index contributed by atoms with van der Waals surface area (Å²) >= 11 is 1.47. The number of carbonyl (C=O) groups is 1. The Balaban J connectivity index is 1.80. The first-order chi connectivity index (χ1) is 16.1. The summed E-state index contributed by atoms with van der Waals surface area (Å²) in [6.45, 7) is 10.2. The van der Waals surface area contributed by atoms with E-state index in [4.69, 9.17) is 4.74 Å². The SMILES string of the molecule is C=CC=CC=C(C)c1sc(C)nc1C(=O)N1CCCC(C)C1COc1ccc(C(F)(F)F)cn1. The van der Waals surface area contributed by atoms with Gasteiger partial charge in [-0.25, -0.2) is 9.97 Å². The van der Waals surface area contributed by atoms with Crippen LogP contribution in [0.15, 0.2) is 49.2 Å². The standard InChI is InChI=1S/C25H28F3N3O2S/c1-5-6-7-9-17(3)23-22(30-18(4)34-23)24(32)31-13-8-10-16(2)20(31)15-33-21-12-11-19(14-29-21)25(26,27)28/h5-7,9,11-12,14,16,20H,1,8,10,13,15H2,2-4H3. The van der Waals surface area contributed by atoms with Crippen LogP contribution in [0.5, 0.6) is 5.88 Å². The fraction of sp³-hybridized carbons (Fsp3) is 0.400. The Kier molecular flexibility index (Phi) is 8.30. The first kappa shape index (κ1) is 25.7. The lowest BCUT2D eigenvalue weighted by Gasteiger charge is -2.39. The molecule has 1 fully saturated rings. The van der Waals surface area contributed by atoms with Crippen LogP contribution in [-0.4, -0.2) is 40.0 Å². The molecule has 3 heterocycles. The highest BCUT2D eigenvalue weighted by Crippen LogP contribution is 2.32. The topological polar surface area (TPSA) is 55.3 Å². The van der Waals surface area contributed by atoms with Gasteiger partial charge in [0.05, 0.1) is 21.5 Å². The molecule has 9 heteroatoms. The van der Waals surface area contributed by atoms with Crippen LogP contribution in [0, 0.1) is 12.8 Å². The van der Waals surface area contributed by atoms with E-state index >= 15 is 0 Å². The van der Waals surface area contributed by atoms with Gasteiger partial charge in [0.2, 0.25) is 5.88 Å². The first-order valence-corrected chi connectivity index (χ1v) is 11.8. The number of amides is 1. The molecule has 0 spiro atoms. The van der Waals surface area contributed by atoms with Crippen molar-refractivity contribution in [1.82, 2.24) is 14.9 Å². The van der Waals surface area contributed by atoms with Gasteiger partial charge in [-0.1, -0.05) is 37.8 Å². The second-order valence-corrected chi connectivity index (χ2v) is 9.46. The van der Waals surface area contributed by atoms with Crippen molar-refractivity contribution in [1.29, 1.82) is 0 Å².